The second-order valence-corrected chi connectivity index (χ2v) is 9.64. The quantitative estimate of drug-likeness (QED) is 0.614. The Morgan fingerprint density at radius 1 is 0.857 bits per heavy atom. The normalized spacial score (nSPS) is 11.9. The lowest BCUT2D eigenvalue weighted by atomic mass is 10.1. The van der Waals surface area contributed by atoms with Crippen LogP contribution in [-0.2, 0) is 20.0 Å². The Bertz CT molecular complexity index is 1280. The van der Waals surface area contributed by atoms with Crippen molar-refractivity contribution in [1.82, 2.24) is 9.94 Å². The average molecular weight is 420 g/mol. The van der Waals surface area contributed by atoms with Gasteiger partial charge >= 0.3 is 15.7 Å². The average Bonchev–Trinajstić information content (AvgIpc) is 2.63. The number of nitrogens with zero attached hydrogens (tertiary/aromatic N) is 2. The van der Waals surface area contributed by atoms with Crippen molar-refractivity contribution in [1.29, 1.82) is 0 Å². The van der Waals surface area contributed by atoms with Gasteiger partial charge in [0, 0.05) is 17.9 Å². The van der Waals surface area contributed by atoms with Gasteiger partial charge in [-0.05, 0) is 41.6 Å². The van der Waals surface area contributed by atoms with Gasteiger partial charge in [-0.3, -0.25) is 9.08 Å². The molecule has 1 heterocycles. The molecule has 0 aliphatic rings. The van der Waals surface area contributed by atoms with E-state index in [2.05, 4.69) is 5.10 Å². The van der Waals surface area contributed by atoms with Crippen LogP contribution in [0.3, 0.4) is 0 Å². The van der Waals surface area contributed by atoms with Crippen molar-refractivity contribution in [2.45, 2.75) is 16.7 Å². The van der Waals surface area contributed by atoms with E-state index in [1.165, 1.54) is 42.6 Å². The number of benzene rings is 2. The second kappa shape index (κ2) is 7.21. The highest BCUT2D eigenvalue weighted by Gasteiger charge is 2.18. The summed E-state index contributed by atoms with van der Waals surface area (Å²) in [5.74, 6) is 0. The first kappa shape index (κ1) is 19.8. The first-order valence-corrected chi connectivity index (χ1v) is 11.3. The van der Waals surface area contributed by atoms with Crippen LogP contribution in [-0.4, -0.2) is 33.0 Å². The first-order chi connectivity index (χ1) is 13.1. The van der Waals surface area contributed by atoms with Gasteiger partial charge < -0.3 is 0 Å². The van der Waals surface area contributed by atoms with Crippen LogP contribution < -0.4 is 9.84 Å². The third kappa shape index (κ3) is 4.29. The molecule has 0 aliphatic heterocycles. The lowest BCUT2D eigenvalue weighted by molar-refractivity contribution is 0.224. The number of sulfone groups is 1. The van der Waals surface area contributed by atoms with Crippen LogP contribution in [0.15, 0.2) is 75.4 Å². The number of aryl methyl sites for hydroxylation is 1. The Morgan fingerprint density at radius 3 is 1.96 bits per heavy atom. The topological polar surface area (TPSA) is 112 Å². The minimum atomic E-state index is -4.22. The fourth-order valence-corrected chi connectivity index (χ4v) is 3.83. The molecule has 10 heteroatoms. The number of aromatic nitrogens is 2. The van der Waals surface area contributed by atoms with Gasteiger partial charge in [0.15, 0.2) is 9.84 Å². The Morgan fingerprint density at radius 2 is 1.43 bits per heavy atom. The van der Waals surface area contributed by atoms with Crippen LogP contribution in [0.1, 0.15) is 5.56 Å². The van der Waals surface area contributed by atoms with Crippen molar-refractivity contribution in [2.24, 2.45) is 0 Å². The summed E-state index contributed by atoms with van der Waals surface area (Å²) in [6.45, 7) is 1.81. The molecule has 0 unspecified atom stereocenters. The van der Waals surface area contributed by atoms with Gasteiger partial charge in [0.1, 0.15) is 4.90 Å². The Kier molecular flexibility index (Phi) is 5.09. The molecular weight excluding hydrogens is 404 g/mol. The molecule has 0 saturated heterocycles. The molecular formula is C18H16N2O6S2. The summed E-state index contributed by atoms with van der Waals surface area (Å²) >= 11 is 0. The van der Waals surface area contributed by atoms with Gasteiger partial charge in [-0.25, -0.2) is 8.42 Å². The van der Waals surface area contributed by atoms with Crippen LogP contribution in [0.2, 0.25) is 0 Å². The predicted octanol–water partition coefficient (Wildman–Crippen LogP) is 1.44. The molecule has 0 fully saturated rings. The maximum Gasteiger partial charge on any atom is 0.358 e. The molecule has 3 aromatic rings. The summed E-state index contributed by atoms with van der Waals surface area (Å²) in [5, 5.41) is 3.74. The van der Waals surface area contributed by atoms with Gasteiger partial charge in [-0.1, -0.05) is 29.8 Å². The van der Waals surface area contributed by atoms with Crippen molar-refractivity contribution < 1.29 is 21.1 Å². The highest BCUT2D eigenvalue weighted by Crippen LogP contribution is 2.19. The molecule has 0 amide bonds. The minimum absolute atomic E-state index is 0.104. The van der Waals surface area contributed by atoms with Gasteiger partial charge in [0.05, 0.1) is 11.1 Å². The number of hydrogen-bond donors (Lipinski definition) is 0. The molecule has 8 nitrogen and oxygen atoms in total. The molecule has 0 saturated carbocycles. The van der Waals surface area contributed by atoms with Crippen LogP contribution in [0.25, 0.3) is 11.1 Å². The van der Waals surface area contributed by atoms with Gasteiger partial charge in [0.2, 0.25) is 0 Å². The summed E-state index contributed by atoms with van der Waals surface area (Å²) < 4.78 is 52.4. The summed E-state index contributed by atoms with van der Waals surface area (Å²) in [4.78, 5) is 12.6. The molecule has 0 atom stereocenters. The van der Waals surface area contributed by atoms with Crippen molar-refractivity contribution >= 4 is 20.0 Å². The lowest BCUT2D eigenvalue weighted by Gasteiger charge is -2.08. The van der Waals surface area contributed by atoms with Crippen LogP contribution in [0, 0.1) is 6.92 Å². The van der Waals surface area contributed by atoms with Crippen LogP contribution in [0.5, 0.6) is 0 Å². The smallest absolute Gasteiger partial charge is 0.264 e. The van der Waals surface area contributed by atoms with Crippen molar-refractivity contribution in [3.63, 3.8) is 0 Å². The predicted molar refractivity (Wildman–Crippen MR) is 102 cm³/mol. The minimum Gasteiger partial charge on any atom is -0.264 e. The molecule has 0 aliphatic carbocycles. The molecule has 0 bridgehead atoms. The second-order valence-electron chi connectivity index (χ2n) is 6.09. The van der Waals surface area contributed by atoms with E-state index in [4.69, 9.17) is 4.28 Å². The van der Waals surface area contributed by atoms with Crippen molar-refractivity contribution in [3.8, 4) is 11.1 Å². The third-order valence-corrected chi connectivity index (χ3v) is 6.18. The van der Waals surface area contributed by atoms with Gasteiger partial charge in [-0.15, -0.1) is 5.10 Å². The van der Waals surface area contributed by atoms with E-state index in [0.717, 1.165) is 17.9 Å². The molecule has 0 spiro atoms. The summed E-state index contributed by atoms with van der Waals surface area (Å²) in [6.07, 6.45) is 2.35. The maximum absolute atomic E-state index is 12.3. The highest BCUT2D eigenvalue weighted by atomic mass is 32.2. The van der Waals surface area contributed by atoms with Crippen LogP contribution >= 0.6 is 0 Å². The zero-order valence-corrected chi connectivity index (χ0v) is 16.6. The van der Waals surface area contributed by atoms with Gasteiger partial charge in [-0.2, -0.15) is 8.42 Å². The van der Waals surface area contributed by atoms with Crippen molar-refractivity contribution in [3.05, 3.63) is 76.7 Å². The van der Waals surface area contributed by atoms with E-state index in [1.54, 1.807) is 12.1 Å². The monoisotopic (exact) mass is 420 g/mol. The van der Waals surface area contributed by atoms with E-state index in [-0.39, 0.29) is 9.79 Å². The van der Waals surface area contributed by atoms with E-state index in [1.807, 2.05) is 6.92 Å². The molecule has 2 aromatic carbocycles. The molecule has 0 radical (unpaired) electrons. The van der Waals surface area contributed by atoms with E-state index >= 15 is 0 Å². The van der Waals surface area contributed by atoms with Crippen LogP contribution in [0.4, 0.5) is 0 Å². The lowest BCUT2D eigenvalue weighted by Crippen LogP contribution is -2.32. The molecule has 28 heavy (non-hydrogen) atoms. The fourth-order valence-electron chi connectivity index (χ4n) is 2.35. The van der Waals surface area contributed by atoms with Gasteiger partial charge in [0.25, 0.3) is 0 Å². The third-order valence-electron chi connectivity index (χ3n) is 3.86. The zero-order chi connectivity index (χ0) is 20.5. The Balaban J connectivity index is 1.88. The maximum atomic E-state index is 12.3. The Hall–Kier alpha value is -2.98. The molecule has 146 valence electrons. The molecule has 0 N–H and O–H groups in total. The first-order valence-electron chi connectivity index (χ1n) is 7.98. The summed E-state index contributed by atoms with van der Waals surface area (Å²) in [5.41, 5.74) is 1.02. The number of hydrogen-bond acceptors (Lipinski definition) is 7. The fraction of sp³-hybridized carbons (Fsp3) is 0.111. The molecule has 3 rings (SSSR count). The molecule has 1 aromatic heterocycles. The standard InChI is InChI=1S/C18H16N2O6S2/c1-13-3-7-17(8-4-13)28(24,25)26-20-18(21)11-15(12-19-20)14-5-9-16(10-6-14)27(2,22)23/h3-12H,1-2H3. The van der Waals surface area contributed by atoms with E-state index < -0.39 is 25.5 Å². The van der Waals surface area contributed by atoms with E-state index in [9.17, 15) is 21.6 Å². The largest absolute Gasteiger partial charge is 0.358 e. The summed E-state index contributed by atoms with van der Waals surface area (Å²) in [7, 11) is -7.55. The zero-order valence-electron chi connectivity index (χ0n) is 14.9. The number of rotatable bonds is 5. The highest BCUT2D eigenvalue weighted by molar-refractivity contribution is 7.90. The summed E-state index contributed by atoms with van der Waals surface area (Å²) in [6, 6.07) is 13.0. The Labute approximate surface area is 162 Å². The van der Waals surface area contributed by atoms with E-state index in [0.29, 0.717) is 16.0 Å². The van der Waals surface area contributed by atoms with Crippen molar-refractivity contribution in [2.75, 3.05) is 6.26 Å². The SMILES string of the molecule is Cc1ccc(S(=O)(=O)On2ncc(-c3ccc(S(C)(=O)=O)cc3)cc2=O)cc1.